The van der Waals surface area contributed by atoms with Crippen molar-refractivity contribution in [2.75, 3.05) is 12.8 Å². The van der Waals surface area contributed by atoms with E-state index < -0.39 is 15.6 Å². The first-order chi connectivity index (χ1) is 8.10. The Hall–Kier alpha value is -1.25. The van der Waals surface area contributed by atoms with Gasteiger partial charge in [0, 0.05) is 24.4 Å². The van der Waals surface area contributed by atoms with E-state index in [9.17, 15) is 9.65 Å². The van der Waals surface area contributed by atoms with E-state index in [-0.39, 0.29) is 11.9 Å². The standard InChI is InChI=1S/C12H14FN3S/c1-12(8-14)16-11(7-17(12)15-2)9-5-3-4-6-10(9)13/h3-6,11,16H,7H2,1-2H3. The van der Waals surface area contributed by atoms with Gasteiger partial charge in [0.2, 0.25) is 0 Å². The lowest BCUT2D eigenvalue weighted by Crippen LogP contribution is -2.38. The van der Waals surface area contributed by atoms with Crippen LogP contribution in [0.4, 0.5) is 4.39 Å². The number of hydrogen-bond donors (Lipinski definition) is 1. The molecule has 0 aromatic heterocycles. The highest BCUT2D eigenvalue weighted by Gasteiger charge is 2.40. The fraction of sp³-hybridized carbons (Fsp3) is 0.417. The molecule has 0 bridgehead atoms. The van der Waals surface area contributed by atoms with E-state index >= 15 is 0 Å². The van der Waals surface area contributed by atoms with E-state index in [1.54, 1.807) is 19.2 Å². The van der Waals surface area contributed by atoms with E-state index in [1.807, 2.05) is 13.0 Å². The molecule has 3 unspecified atom stereocenters. The van der Waals surface area contributed by atoms with Crippen LogP contribution in [0.3, 0.4) is 0 Å². The molecule has 1 saturated heterocycles. The topological polar surface area (TPSA) is 48.2 Å². The first kappa shape index (κ1) is 12.2. The van der Waals surface area contributed by atoms with E-state index in [4.69, 9.17) is 0 Å². The minimum absolute atomic E-state index is 0.132. The lowest BCUT2D eigenvalue weighted by Gasteiger charge is -2.17. The summed E-state index contributed by atoms with van der Waals surface area (Å²) in [5.41, 5.74) is 0.618. The molecule has 1 fully saturated rings. The number of nitriles is 1. The Morgan fingerprint density at radius 1 is 1.59 bits per heavy atom. The fourth-order valence-corrected chi connectivity index (χ4v) is 3.84. The molecule has 0 amide bonds. The quantitative estimate of drug-likeness (QED) is 0.831. The third-order valence-electron chi connectivity index (χ3n) is 2.96. The lowest BCUT2D eigenvalue weighted by molar-refractivity contribution is 0.517. The van der Waals surface area contributed by atoms with Crippen LogP contribution in [0.15, 0.2) is 28.6 Å². The zero-order valence-corrected chi connectivity index (χ0v) is 10.6. The van der Waals surface area contributed by atoms with Crippen LogP contribution in [0.2, 0.25) is 0 Å². The predicted octanol–water partition coefficient (Wildman–Crippen LogP) is 2.14. The summed E-state index contributed by atoms with van der Waals surface area (Å²) in [4.78, 5) is -0.679. The molecule has 1 heterocycles. The number of nitrogens with zero attached hydrogens (tertiary/aromatic N) is 2. The zero-order valence-electron chi connectivity index (χ0n) is 9.77. The molecule has 1 aliphatic rings. The first-order valence-corrected chi connectivity index (χ1v) is 6.70. The third-order valence-corrected chi connectivity index (χ3v) is 5.20. The van der Waals surface area contributed by atoms with Gasteiger partial charge in [-0.05, 0) is 13.0 Å². The van der Waals surface area contributed by atoms with Gasteiger partial charge in [0.05, 0.1) is 6.07 Å². The number of nitrogens with one attached hydrogen (secondary N) is 1. The van der Waals surface area contributed by atoms with Crippen LogP contribution in [0.5, 0.6) is 0 Å². The van der Waals surface area contributed by atoms with Crippen molar-refractivity contribution in [1.29, 1.82) is 5.26 Å². The average molecular weight is 251 g/mol. The van der Waals surface area contributed by atoms with Gasteiger partial charge >= 0.3 is 0 Å². The molecule has 90 valence electrons. The smallest absolute Gasteiger partial charge is 0.161 e. The SMILES string of the molecule is CN=S1CC(c2ccccc2F)NC1(C)C#N. The molecule has 0 aliphatic carbocycles. The molecule has 0 spiro atoms. The maximum atomic E-state index is 13.7. The summed E-state index contributed by atoms with van der Waals surface area (Å²) in [6, 6.07) is 8.79. The van der Waals surface area contributed by atoms with Gasteiger partial charge in [0.25, 0.3) is 0 Å². The van der Waals surface area contributed by atoms with Gasteiger partial charge in [-0.25, -0.2) is 4.39 Å². The summed E-state index contributed by atoms with van der Waals surface area (Å²) in [5, 5.41) is 12.4. The van der Waals surface area contributed by atoms with Crippen LogP contribution in [-0.2, 0) is 10.7 Å². The van der Waals surface area contributed by atoms with E-state index in [1.165, 1.54) is 6.07 Å². The Morgan fingerprint density at radius 3 is 2.82 bits per heavy atom. The number of benzene rings is 1. The zero-order chi connectivity index (χ0) is 12.5. The summed E-state index contributed by atoms with van der Waals surface area (Å²) in [6.45, 7) is 1.82. The monoisotopic (exact) mass is 251 g/mol. The Bertz CT molecular complexity index is 509. The number of hydrogen-bond acceptors (Lipinski definition) is 3. The highest BCUT2D eigenvalue weighted by atomic mass is 32.2. The molecule has 5 heteroatoms. The summed E-state index contributed by atoms with van der Waals surface area (Å²) >= 11 is 0. The van der Waals surface area contributed by atoms with Crippen LogP contribution in [-0.4, -0.2) is 17.7 Å². The highest BCUT2D eigenvalue weighted by molar-refractivity contribution is 7.89. The van der Waals surface area contributed by atoms with E-state index in [2.05, 4.69) is 15.7 Å². The fourth-order valence-electron chi connectivity index (χ4n) is 2.03. The van der Waals surface area contributed by atoms with Gasteiger partial charge in [-0.15, -0.1) is 0 Å². The van der Waals surface area contributed by atoms with Crippen LogP contribution < -0.4 is 5.32 Å². The van der Waals surface area contributed by atoms with Crippen LogP contribution in [0.25, 0.3) is 0 Å². The van der Waals surface area contributed by atoms with Crippen molar-refractivity contribution in [2.45, 2.75) is 17.8 Å². The summed E-state index contributed by atoms with van der Waals surface area (Å²) in [6.07, 6.45) is 0. The molecule has 1 aromatic rings. The second kappa shape index (κ2) is 4.55. The lowest BCUT2D eigenvalue weighted by atomic mass is 10.1. The van der Waals surface area contributed by atoms with Crippen molar-refractivity contribution in [3.63, 3.8) is 0 Å². The van der Waals surface area contributed by atoms with Crippen molar-refractivity contribution in [2.24, 2.45) is 4.36 Å². The van der Waals surface area contributed by atoms with E-state index in [0.717, 1.165) is 0 Å². The minimum Gasteiger partial charge on any atom is -0.283 e. The van der Waals surface area contributed by atoms with Gasteiger partial charge in [-0.2, -0.15) is 5.26 Å². The van der Waals surface area contributed by atoms with Gasteiger partial charge in [-0.1, -0.05) is 28.9 Å². The molecule has 3 atom stereocenters. The Kier molecular flexibility index (Phi) is 3.27. The highest BCUT2D eigenvalue weighted by Crippen LogP contribution is 2.30. The molecular formula is C12H14FN3S. The van der Waals surface area contributed by atoms with Crippen molar-refractivity contribution in [3.05, 3.63) is 35.6 Å². The molecule has 1 N–H and O–H groups in total. The number of rotatable bonds is 1. The predicted molar refractivity (Wildman–Crippen MR) is 66.9 cm³/mol. The van der Waals surface area contributed by atoms with E-state index in [0.29, 0.717) is 11.3 Å². The summed E-state index contributed by atoms with van der Waals surface area (Å²) in [5.74, 6) is 0.452. The Morgan fingerprint density at radius 2 is 2.29 bits per heavy atom. The average Bonchev–Trinajstić information content (AvgIpc) is 2.68. The molecule has 1 aliphatic heterocycles. The largest absolute Gasteiger partial charge is 0.283 e. The van der Waals surface area contributed by atoms with Crippen LogP contribution in [0, 0.1) is 17.1 Å². The minimum atomic E-state index is -0.679. The van der Waals surface area contributed by atoms with Gasteiger partial charge < -0.3 is 0 Å². The van der Waals surface area contributed by atoms with Crippen molar-refractivity contribution in [3.8, 4) is 6.07 Å². The van der Waals surface area contributed by atoms with Crippen LogP contribution in [0.1, 0.15) is 18.5 Å². The first-order valence-electron chi connectivity index (χ1n) is 5.35. The summed E-state index contributed by atoms with van der Waals surface area (Å²) < 4.78 is 17.9. The Balaban J connectivity index is 2.35. The van der Waals surface area contributed by atoms with Crippen molar-refractivity contribution in [1.82, 2.24) is 5.32 Å². The second-order valence-electron chi connectivity index (χ2n) is 4.08. The van der Waals surface area contributed by atoms with Crippen molar-refractivity contribution >= 4 is 10.7 Å². The maximum Gasteiger partial charge on any atom is 0.161 e. The maximum absolute atomic E-state index is 13.7. The molecule has 17 heavy (non-hydrogen) atoms. The van der Waals surface area contributed by atoms with Gasteiger partial charge in [0.15, 0.2) is 4.87 Å². The molecule has 3 nitrogen and oxygen atoms in total. The normalized spacial score (nSPS) is 32.6. The second-order valence-corrected chi connectivity index (χ2v) is 6.32. The third kappa shape index (κ3) is 2.11. The Labute approximate surface area is 103 Å². The molecular weight excluding hydrogens is 237 g/mol. The van der Waals surface area contributed by atoms with Gasteiger partial charge in [-0.3, -0.25) is 9.68 Å². The summed E-state index contributed by atoms with van der Waals surface area (Å²) in [7, 11) is 1.32. The molecule has 1 aromatic carbocycles. The molecule has 2 rings (SSSR count). The molecule has 0 saturated carbocycles. The van der Waals surface area contributed by atoms with Crippen LogP contribution >= 0.6 is 0 Å². The van der Waals surface area contributed by atoms with Crippen molar-refractivity contribution < 1.29 is 4.39 Å². The van der Waals surface area contributed by atoms with Gasteiger partial charge in [0.1, 0.15) is 5.82 Å². The number of halogens is 1. The molecule has 0 radical (unpaired) electrons.